The van der Waals surface area contributed by atoms with Crippen LogP contribution in [0.3, 0.4) is 0 Å². The third kappa shape index (κ3) is 4.00. The molecule has 0 spiro atoms. The van der Waals surface area contributed by atoms with E-state index < -0.39 is 5.97 Å². The Morgan fingerprint density at radius 3 is 2.58 bits per heavy atom. The largest absolute Gasteiger partial charge is 0.457 e. The highest BCUT2D eigenvalue weighted by molar-refractivity contribution is 7.13. The standard InChI is InChI=1S/C26H18N4O2S/c1-17-24-21(26(31)32-16-19-11-9-18(15-27)10-12-19)14-22(23-8-5-13-33-23)28-25(24)30(29-17)20-6-3-2-4-7-20/h2-14H,16H2,1H3. The fraction of sp³-hybridized carbons (Fsp3) is 0.0769. The van der Waals surface area contributed by atoms with Gasteiger partial charge in [-0.1, -0.05) is 36.4 Å². The fourth-order valence-corrected chi connectivity index (χ4v) is 4.34. The number of pyridine rings is 1. The number of fused-ring (bicyclic) bond motifs is 1. The van der Waals surface area contributed by atoms with E-state index in [1.165, 1.54) is 0 Å². The Kier molecular flexibility index (Phi) is 5.43. The molecule has 160 valence electrons. The van der Waals surface area contributed by atoms with Gasteiger partial charge in [-0.2, -0.15) is 10.4 Å². The molecule has 0 saturated heterocycles. The molecule has 0 atom stereocenters. The number of nitrogens with zero attached hydrogens (tertiary/aromatic N) is 4. The van der Waals surface area contributed by atoms with Crippen molar-refractivity contribution in [1.29, 1.82) is 5.26 Å². The molecule has 0 aliphatic rings. The van der Waals surface area contributed by atoms with Crippen LogP contribution in [0, 0.1) is 18.3 Å². The molecule has 0 amide bonds. The first kappa shape index (κ1) is 20.6. The third-order valence-corrected chi connectivity index (χ3v) is 6.15. The summed E-state index contributed by atoms with van der Waals surface area (Å²) in [6.07, 6.45) is 0. The van der Waals surface area contributed by atoms with Gasteiger partial charge in [0.15, 0.2) is 5.65 Å². The maximum absolute atomic E-state index is 13.2. The summed E-state index contributed by atoms with van der Waals surface area (Å²) in [5.41, 5.74) is 4.66. The number of thiophene rings is 1. The molecular formula is C26H18N4O2S. The molecule has 5 rings (SSSR count). The maximum atomic E-state index is 13.2. The van der Waals surface area contributed by atoms with Gasteiger partial charge in [0, 0.05) is 0 Å². The number of carbonyl (C=O) groups is 1. The Hall–Kier alpha value is -4.28. The molecule has 0 saturated carbocycles. The van der Waals surface area contributed by atoms with Crippen LogP contribution in [-0.2, 0) is 11.3 Å². The molecule has 6 nitrogen and oxygen atoms in total. The number of esters is 1. The average Bonchev–Trinajstić information content (AvgIpc) is 3.51. The molecule has 0 unspecified atom stereocenters. The first-order valence-corrected chi connectivity index (χ1v) is 11.2. The van der Waals surface area contributed by atoms with Gasteiger partial charge >= 0.3 is 5.97 Å². The molecule has 3 aromatic heterocycles. The second kappa shape index (κ2) is 8.69. The Morgan fingerprint density at radius 2 is 1.88 bits per heavy atom. The zero-order valence-corrected chi connectivity index (χ0v) is 18.5. The molecule has 0 radical (unpaired) electrons. The van der Waals surface area contributed by atoms with Crippen LogP contribution in [0.25, 0.3) is 27.3 Å². The van der Waals surface area contributed by atoms with Crippen LogP contribution >= 0.6 is 11.3 Å². The molecule has 0 bridgehead atoms. The van der Waals surface area contributed by atoms with Crippen molar-refractivity contribution in [2.45, 2.75) is 13.5 Å². The Morgan fingerprint density at radius 1 is 1.09 bits per heavy atom. The van der Waals surface area contributed by atoms with Gasteiger partial charge in [-0.15, -0.1) is 11.3 Å². The summed E-state index contributed by atoms with van der Waals surface area (Å²) in [5, 5.41) is 16.3. The summed E-state index contributed by atoms with van der Waals surface area (Å²) >= 11 is 1.56. The minimum absolute atomic E-state index is 0.106. The normalized spacial score (nSPS) is 10.8. The van der Waals surface area contributed by atoms with Crippen LogP contribution in [-0.4, -0.2) is 20.7 Å². The number of para-hydroxylation sites is 1. The zero-order chi connectivity index (χ0) is 22.8. The van der Waals surface area contributed by atoms with Gasteiger partial charge in [-0.25, -0.2) is 14.5 Å². The van der Waals surface area contributed by atoms with E-state index in [4.69, 9.17) is 15.0 Å². The summed E-state index contributed by atoms with van der Waals surface area (Å²) in [6.45, 7) is 1.97. The van der Waals surface area contributed by atoms with Gasteiger partial charge in [0.2, 0.25) is 0 Å². The minimum Gasteiger partial charge on any atom is -0.457 e. The van der Waals surface area contributed by atoms with Crippen molar-refractivity contribution in [3.8, 4) is 22.3 Å². The molecule has 0 aliphatic carbocycles. The number of ether oxygens (including phenoxy) is 1. The minimum atomic E-state index is -0.444. The van der Waals surface area contributed by atoms with E-state index in [2.05, 4.69) is 11.2 Å². The lowest BCUT2D eigenvalue weighted by Crippen LogP contribution is -2.07. The summed E-state index contributed by atoms with van der Waals surface area (Å²) in [6, 6.07) is 24.5. The summed E-state index contributed by atoms with van der Waals surface area (Å²) in [5.74, 6) is -0.444. The van der Waals surface area contributed by atoms with Crippen LogP contribution in [0.1, 0.15) is 27.2 Å². The molecule has 7 heteroatoms. The Labute approximate surface area is 194 Å². The van der Waals surface area contributed by atoms with Gasteiger partial charge in [0.05, 0.1) is 44.5 Å². The van der Waals surface area contributed by atoms with E-state index >= 15 is 0 Å². The second-order valence-electron chi connectivity index (χ2n) is 7.45. The monoisotopic (exact) mass is 450 g/mol. The first-order chi connectivity index (χ1) is 16.1. The number of aryl methyl sites for hydroxylation is 1. The van der Waals surface area contributed by atoms with Gasteiger partial charge in [0.1, 0.15) is 6.61 Å². The Balaban J connectivity index is 1.58. The van der Waals surface area contributed by atoms with Crippen molar-refractivity contribution in [2.75, 3.05) is 0 Å². The van der Waals surface area contributed by atoms with E-state index in [1.54, 1.807) is 46.4 Å². The third-order valence-electron chi connectivity index (χ3n) is 5.26. The van der Waals surface area contributed by atoms with E-state index in [1.807, 2.05) is 54.8 Å². The van der Waals surface area contributed by atoms with E-state index in [0.29, 0.717) is 33.5 Å². The van der Waals surface area contributed by atoms with E-state index in [0.717, 1.165) is 16.1 Å². The predicted molar refractivity (Wildman–Crippen MR) is 127 cm³/mol. The highest BCUT2D eigenvalue weighted by Gasteiger charge is 2.22. The maximum Gasteiger partial charge on any atom is 0.339 e. The molecule has 3 heterocycles. The lowest BCUT2D eigenvalue weighted by molar-refractivity contribution is 0.0475. The number of hydrogen-bond acceptors (Lipinski definition) is 6. The molecular weight excluding hydrogens is 432 g/mol. The molecule has 5 aromatic rings. The SMILES string of the molecule is Cc1nn(-c2ccccc2)c2nc(-c3cccs3)cc(C(=O)OCc3ccc(C#N)cc3)c12. The van der Waals surface area contributed by atoms with Crippen molar-refractivity contribution < 1.29 is 9.53 Å². The van der Waals surface area contributed by atoms with Crippen molar-refractivity contribution in [3.05, 3.63) is 101 Å². The number of hydrogen-bond donors (Lipinski definition) is 0. The lowest BCUT2D eigenvalue weighted by Gasteiger charge is -2.09. The molecule has 2 aromatic carbocycles. The lowest BCUT2D eigenvalue weighted by atomic mass is 10.1. The van der Waals surface area contributed by atoms with Crippen molar-refractivity contribution in [1.82, 2.24) is 14.8 Å². The highest BCUT2D eigenvalue weighted by Crippen LogP contribution is 2.31. The first-order valence-electron chi connectivity index (χ1n) is 10.3. The average molecular weight is 451 g/mol. The quantitative estimate of drug-likeness (QED) is 0.322. The van der Waals surface area contributed by atoms with Crippen LogP contribution in [0.15, 0.2) is 78.2 Å². The van der Waals surface area contributed by atoms with Crippen LogP contribution in [0.5, 0.6) is 0 Å². The molecule has 33 heavy (non-hydrogen) atoms. The van der Waals surface area contributed by atoms with Crippen molar-refractivity contribution in [2.24, 2.45) is 0 Å². The molecule has 0 fully saturated rings. The van der Waals surface area contributed by atoms with Crippen LogP contribution < -0.4 is 0 Å². The molecule has 0 N–H and O–H groups in total. The van der Waals surface area contributed by atoms with E-state index in [-0.39, 0.29) is 6.61 Å². The van der Waals surface area contributed by atoms with Crippen LogP contribution in [0.4, 0.5) is 0 Å². The number of nitriles is 1. The smallest absolute Gasteiger partial charge is 0.339 e. The summed E-state index contributed by atoms with van der Waals surface area (Å²) in [7, 11) is 0. The highest BCUT2D eigenvalue weighted by atomic mass is 32.1. The van der Waals surface area contributed by atoms with Gasteiger partial charge in [-0.05, 0) is 54.3 Å². The van der Waals surface area contributed by atoms with Gasteiger partial charge in [-0.3, -0.25) is 0 Å². The van der Waals surface area contributed by atoms with E-state index in [9.17, 15) is 4.79 Å². The van der Waals surface area contributed by atoms with Gasteiger partial charge in [0.25, 0.3) is 0 Å². The van der Waals surface area contributed by atoms with Crippen molar-refractivity contribution in [3.63, 3.8) is 0 Å². The number of benzene rings is 2. The molecule has 0 aliphatic heterocycles. The van der Waals surface area contributed by atoms with Crippen LogP contribution in [0.2, 0.25) is 0 Å². The second-order valence-corrected chi connectivity index (χ2v) is 8.40. The van der Waals surface area contributed by atoms with Gasteiger partial charge < -0.3 is 4.74 Å². The summed E-state index contributed by atoms with van der Waals surface area (Å²) in [4.78, 5) is 19.1. The Bertz CT molecular complexity index is 1480. The predicted octanol–water partition coefficient (Wildman–Crippen LogP) is 5.69. The number of aromatic nitrogens is 3. The zero-order valence-electron chi connectivity index (χ0n) is 17.7. The fourth-order valence-electron chi connectivity index (χ4n) is 3.65. The van der Waals surface area contributed by atoms with Crippen molar-refractivity contribution >= 4 is 28.3 Å². The topological polar surface area (TPSA) is 80.8 Å². The summed E-state index contributed by atoms with van der Waals surface area (Å²) < 4.78 is 7.42. The number of carbonyl (C=O) groups excluding carboxylic acids is 1. The number of rotatable bonds is 5.